The second-order valence-electron chi connectivity index (χ2n) is 4.95. The molecule has 4 N–H and O–H groups in total. The van der Waals surface area contributed by atoms with E-state index in [2.05, 4.69) is 0 Å². The standard InChI is InChI=1S/C14H10F6N2O2S/c15-13(16,17)7-3-1-5-9(21)11(7)25(23,24)12-8(14(18,19)20)4-2-6-10(12)22/h1-6H,21-22H2. The zero-order valence-electron chi connectivity index (χ0n) is 12.1. The first kappa shape index (κ1) is 18.9. The molecule has 0 unspecified atom stereocenters. The van der Waals surface area contributed by atoms with Crippen LogP contribution in [0.1, 0.15) is 11.1 Å². The normalized spacial score (nSPS) is 13.0. The summed E-state index contributed by atoms with van der Waals surface area (Å²) in [5.74, 6) is 0. The fourth-order valence-electron chi connectivity index (χ4n) is 2.26. The fraction of sp³-hybridized carbons (Fsp3) is 0.143. The quantitative estimate of drug-likeness (QED) is 0.610. The Morgan fingerprint density at radius 3 is 1.28 bits per heavy atom. The zero-order valence-corrected chi connectivity index (χ0v) is 12.9. The molecule has 2 aromatic rings. The van der Waals surface area contributed by atoms with Gasteiger partial charge in [0.05, 0.1) is 22.5 Å². The van der Waals surface area contributed by atoms with Crippen LogP contribution >= 0.6 is 0 Å². The minimum absolute atomic E-state index is 0.412. The van der Waals surface area contributed by atoms with Crippen LogP contribution in [0.25, 0.3) is 0 Å². The summed E-state index contributed by atoms with van der Waals surface area (Å²) in [5, 5.41) is 0. The molecule has 0 fully saturated rings. The summed E-state index contributed by atoms with van der Waals surface area (Å²) >= 11 is 0. The lowest BCUT2D eigenvalue weighted by Gasteiger charge is -2.19. The van der Waals surface area contributed by atoms with Crippen LogP contribution in [0.2, 0.25) is 0 Å². The zero-order chi connectivity index (χ0) is 19.2. The second-order valence-corrected chi connectivity index (χ2v) is 6.77. The number of sulfone groups is 1. The van der Waals surface area contributed by atoms with E-state index in [1.54, 1.807) is 0 Å². The molecule has 0 saturated carbocycles. The Labute approximate surface area is 138 Å². The molecule has 2 aromatic carbocycles. The van der Waals surface area contributed by atoms with Gasteiger partial charge in [0.25, 0.3) is 0 Å². The number of anilines is 2. The molecular formula is C14H10F6N2O2S. The molecule has 0 saturated heterocycles. The molecule has 0 heterocycles. The molecule has 0 amide bonds. The van der Waals surface area contributed by atoms with Crippen LogP contribution in [0.15, 0.2) is 46.2 Å². The average molecular weight is 384 g/mol. The van der Waals surface area contributed by atoms with E-state index in [0.29, 0.717) is 12.1 Å². The maximum atomic E-state index is 13.1. The third kappa shape index (κ3) is 3.36. The molecule has 0 aliphatic carbocycles. The molecule has 0 aliphatic rings. The summed E-state index contributed by atoms with van der Waals surface area (Å²) < 4.78 is 104. The van der Waals surface area contributed by atoms with Crippen molar-refractivity contribution in [1.29, 1.82) is 0 Å². The largest absolute Gasteiger partial charge is 0.417 e. The molecule has 0 aliphatic heterocycles. The van der Waals surface area contributed by atoms with Crippen LogP contribution in [0.4, 0.5) is 37.7 Å². The van der Waals surface area contributed by atoms with E-state index in [4.69, 9.17) is 11.5 Å². The fourth-order valence-corrected chi connectivity index (χ4v) is 4.17. The monoisotopic (exact) mass is 384 g/mol. The van der Waals surface area contributed by atoms with Crippen molar-refractivity contribution >= 4 is 21.2 Å². The first-order chi connectivity index (χ1) is 11.3. The summed E-state index contributed by atoms with van der Waals surface area (Å²) in [6, 6.07) is 4.20. The minimum atomic E-state index is -5.32. The first-order valence-electron chi connectivity index (χ1n) is 6.44. The number of halogens is 6. The highest BCUT2D eigenvalue weighted by Gasteiger charge is 2.43. The molecule has 11 heteroatoms. The Balaban J connectivity index is 2.93. The molecule has 4 nitrogen and oxygen atoms in total. The molecule has 0 radical (unpaired) electrons. The van der Waals surface area contributed by atoms with Crippen molar-refractivity contribution in [2.24, 2.45) is 0 Å². The average Bonchev–Trinajstić information content (AvgIpc) is 2.44. The minimum Gasteiger partial charge on any atom is -0.398 e. The van der Waals surface area contributed by atoms with E-state index in [1.165, 1.54) is 0 Å². The summed E-state index contributed by atoms with van der Waals surface area (Å²) in [6.07, 6.45) is -10.3. The molecule has 0 bridgehead atoms. The Hall–Kier alpha value is -2.43. The summed E-state index contributed by atoms with van der Waals surface area (Å²) in [4.78, 5) is -2.93. The van der Waals surface area contributed by atoms with Crippen molar-refractivity contribution in [2.75, 3.05) is 11.5 Å². The van der Waals surface area contributed by atoms with Gasteiger partial charge in [0.1, 0.15) is 9.79 Å². The van der Waals surface area contributed by atoms with Gasteiger partial charge in [0, 0.05) is 0 Å². The topological polar surface area (TPSA) is 86.2 Å². The second kappa shape index (κ2) is 5.83. The predicted molar refractivity (Wildman–Crippen MR) is 77.2 cm³/mol. The van der Waals surface area contributed by atoms with E-state index in [1.807, 2.05) is 0 Å². The molecule has 2 rings (SSSR count). The summed E-state index contributed by atoms with van der Waals surface area (Å²) in [5.41, 5.74) is 5.66. The van der Waals surface area contributed by atoms with Gasteiger partial charge in [0.15, 0.2) is 0 Å². The number of hydrogen-bond acceptors (Lipinski definition) is 4. The third-order valence-corrected chi connectivity index (χ3v) is 5.23. The van der Waals surface area contributed by atoms with Crippen LogP contribution in [0.3, 0.4) is 0 Å². The number of nitrogens with two attached hydrogens (primary N) is 2. The van der Waals surface area contributed by atoms with E-state index < -0.39 is 54.5 Å². The van der Waals surface area contributed by atoms with E-state index in [9.17, 15) is 34.8 Å². The van der Waals surface area contributed by atoms with Gasteiger partial charge in [0.2, 0.25) is 9.84 Å². The van der Waals surface area contributed by atoms with Gasteiger partial charge < -0.3 is 11.5 Å². The maximum absolute atomic E-state index is 13.1. The van der Waals surface area contributed by atoms with Crippen LogP contribution in [-0.4, -0.2) is 8.42 Å². The van der Waals surface area contributed by atoms with Gasteiger partial charge in [-0.1, -0.05) is 12.1 Å². The highest BCUT2D eigenvalue weighted by atomic mass is 32.2. The van der Waals surface area contributed by atoms with E-state index in [0.717, 1.165) is 24.3 Å². The van der Waals surface area contributed by atoms with Gasteiger partial charge in [-0.15, -0.1) is 0 Å². The summed E-state index contributed by atoms with van der Waals surface area (Å²) in [7, 11) is -5.32. The Bertz CT molecular complexity index is 850. The van der Waals surface area contributed by atoms with Crippen molar-refractivity contribution < 1.29 is 34.8 Å². The van der Waals surface area contributed by atoms with Gasteiger partial charge in [-0.25, -0.2) is 8.42 Å². The third-order valence-electron chi connectivity index (χ3n) is 3.24. The van der Waals surface area contributed by atoms with Crippen LogP contribution in [-0.2, 0) is 22.2 Å². The number of benzene rings is 2. The highest BCUT2D eigenvalue weighted by molar-refractivity contribution is 7.92. The Morgan fingerprint density at radius 2 is 1.00 bits per heavy atom. The molecule has 0 aromatic heterocycles. The lowest BCUT2D eigenvalue weighted by atomic mass is 10.2. The van der Waals surface area contributed by atoms with Gasteiger partial charge >= 0.3 is 12.4 Å². The van der Waals surface area contributed by atoms with Crippen molar-refractivity contribution in [1.82, 2.24) is 0 Å². The van der Waals surface area contributed by atoms with Gasteiger partial charge in [-0.3, -0.25) is 0 Å². The van der Waals surface area contributed by atoms with Crippen LogP contribution < -0.4 is 11.5 Å². The number of rotatable bonds is 2. The van der Waals surface area contributed by atoms with Gasteiger partial charge in [-0.2, -0.15) is 26.3 Å². The van der Waals surface area contributed by atoms with Crippen molar-refractivity contribution in [3.8, 4) is 0 Å². The van der Waals surface area contributed by atoms with Gasteiger partial charge in [-0.05, 0) is 24.3 Å². The summed E-state index contributed by atoms with van der Waals surface area (Å²) in [6.45, 7) is 0. The van der Waals surface area contributed by atoms with Crippen LogP contribution in [0.5, 0.6) is 0 Å². The highest BCUT2D eigenvalue weighted by Crippen LogP contribution is 2.44. The van der Waals surface area contributed by atoms with Crippen molar-refractivity contribution in [3.05, 3.63) is 47.5 Å². The lowest BCUT2D eigenvalue weighted by Crippen LogP contribution is -2.20. The molecule has 136 valence electrons. The number of hydrogen-bond donors (Lipinski definition) is 2. The van der Waals surface area contributed by atoms with Crippen LogP contribution in [0, 0.1) is 0 Å². The SMILES string of the molecule is Nc1cccc(C(F)(F)F)c1S(=O)(=O)c1c(N)cccc1C(F)(F)F. The lowest BCUT2D eigenvalue weighted by molar-refractivity contribution is -0.140. The van der Waals surface area contributed by atoms with Crippen molar-refractivity contribution in [2.45, 2.75) is 22.1 Å². The Kier molecular flexibility index (Phi) is 4.41. The Morgan fingerprint density at radius 1 is 0.680 bits per heavy atom. The molecule has 0 atom stereocenters. The van der Waals surface area contributed by atoms with E-state index >= 15 is 0 Å². The molecular weight excluding hydrogens is 374 g/mol. The molecule has 0 spiro atoms. The number of alkyl halides is 6. The smallest absolute Gasteiger partial charge is 0.398 e. The van der Waals surface area contributed by atoms with E-state index in [-0.39, 0.29) is 0 Å². The number of nitrogen functional groups attached to an aromatic ring is 2. The van der Waals surface area contributed by atoms with Crippen molar-refractivity contribution in [3.63, 3.8) is 0 Å². The predicted octanol–water partition coefficient (Wildman–Crippen LogP) is 3.72. The maximum Gasteiger partial charge on any atom is 0.417 e. The first-order valence-corrected chi connectivity index (χ1v) is 7.92. The molecule has 25 heavy (non-hydrogen) atoms.